The largest absolute Gasteiger partial charge is 0.435 e. The fourth-order valence-electron chi connectivity index (χ4n) is 3.78. The van der Waals surface area contributed by atoms with E-state index in [2.05, 4.69) is 36.3 Å². The Kier molecular flexibility index (Phi) is 5.62. The molecule has 4 rings (SSSR count). The number of nitrogens with zero attached hydrogens (tertiary/aromatic N) is 6. The third-order valence-electron chi connectivity index (χ3n) is 5.26. The van der Waals surface area contributed by atoms with E-state index in [9.17, 15) is 0 Å². The van der Waals surface area contributed by atoms with Gasteiger partial charge in [-0.1, -0.05) is 0 Å². The van der Waals surface area contributed by atoms with Crippen LogP contribution < -0.4 is 4.74 Å². The number of piperidine rings is 1. The van der Waals surface area contributed by atoms with Crippen molar-refractivity contribution in [2.75, 3.05) is 13.1 Å². The molecule has 1 aliphatic heterocycles. The first-order valence-electron chi connectivity index (χ1n) is 9.87. The normalized spacial score (nSPS) is 17.6. The lowest BCUT2D eigenvalue weighted by molar-refractivity contribution is 0.190. The van der Waals surface area contributed by atoms with Gasteiger partial charge in [-0.2, -0.15) is 0 Å². The van der Waals surface area contributed by atoms with Crippen molar-refractivity contribution in [1.82, 2.24) is 29.4 Å². The maximum absolute atomic E-state index is 6.10. The zero-order valence-electron chi connectivity index (χ0n) is 16.5. The molecule has 146 valence electrons. The molecule has 0 N–H and O–H groups in total. The van der Waals surface area contributed by atoms with Crippen LogP contribution in [-0.4, -0.2) is 42.5 Å². The molecule has 0 spiro atoms. The van der Waals surface area contributed by atoms with Gasteiger partial charge in [0.05, 0.1) is 12.2 Å². The van der Waals surface area contributed by atoms with Crippen molar-refractivity contribution in [3.8, 4) is 11.6 Å². The molecule has 3 aromatic rings. The average Bonchev–Trinajstić information content (AvgIpc) is 3.17. The standard InChI is InChI=1S/C21H26N6O/c1-3-27-13-11-23-19(27)15-26-12-5-6-17(14-26)20-21(25-10-9-24-20)28-18-7-4-8-22-16(18)2/h4,7-11,13,17H,3,5-6,12,14-15H2,1-2H3/t17-/m1/s1. The van der Waals surface area contributed by atoms with Crippen LogP contribution in [0.4, 0.5) is 0 Å². The van der Waals surface area contributed by atoms with Gasteiger partial charge in [-0.25, -0.2) is 9.97 Å². The molecule has 28 heavy (non-hydrogen) atoms. The van der Waals surface area contributed by atoms with Gasteiger partial charge in [0.1, 0.15) is 11.5 Å². The van der Waals surface area contributed by atoms with Crippen molar-refractivity contribution in [3.63, 3.8) is 0 Å². The monoisotopic (exact) mass is 378 g/mol. The van der Waals surface area contributed by atoms with E-state index in [1.807, 2.05) is 31.5 Å². The summed E-state index contributed by atoms with van der Waals surface area (Å²) in [5.74, 6) is 2.71. The molecule has 0 radical (unpaired) electrons. The van der Waals surface area contributed by atoms with E-state index in [0.717, 1.165) is 62.0 Å². The fraction of sp³-hybridized carbons (Fsp3) is 0.429. The molecule has 0 aromatic carbocycles. The second kappa shape index (κ2) is 8.48. The Morgan fingerprint density at radius 3 is 2.86 bits per heavy atom. The van der Waals surface area contributed by atoms with Crippen LogP contribution in [-0.2, 0) is 13.1 Å². The Bertz CT molecular complexity index is 925. The summed E-state index contributed by atoms with van der Waals surface area (Å²) in [5, 5.41) is 0. The Hall–Kier alpha value is -2.80. The number of hydrogen-bond donors (Lipinski definition) is 0. The van der Waals surface area contributed by atoms with Crippen molar-refractivity contribution in [2.24, 2.45) is 0 Å². The minimum atomic E-state index is 0.291. The first-order valence-corrected chi connectivity index (χ1v) is 9.87. The SMILES string of the molecule is CCn1ccnc1CN1CCC[C@@H](c2nccnc2Oc2cccnc2C)C1. The molecule has 1 atom stereocenters. The smallest absolute Gasteiger partial charge is 0.241 e. The molecule has 1 saturated heterocycles. The maximum Gasteiger partial charge on any atom is 0.241 e. The summed E-state index contributed by atoms with van der Waals surface area (Å²) in [4.78, 5) is 20.4. The minimum absolute atomic E-state index is 0.291. The van der Waals surface area contributed by atoms with Crippen molar-refractivity contribution in [2.45, 2.75) is 45.7 Å². The second-order valence-electron chi connectivity index (χ2n) is 7.14. The van der Waals surface area contributed by atoms with Gasteiger partial charge in [-0.15, -0.1) is 0 Å². The van der Waals surface area contributed by atoms with Crippen LogP contribution in [0.1, 0.15) is 42.9 Å². The lowest BCUT2D eigenvalue weighted by Gasteiger charge is -2.32. The van der Waals surface area contributed by atoms with E-state index < -0.39 is 0 Å². The molecule has 0 saturated carbocycles. The number of aromatic nitrogens is 5. The van der Waals surface area contributed by atoms with Crippen LogP contribution in [0, 0.1) is 6.92 Å². The third-order valence-corrected chi connectivity index (χ3v) is 5.26. The van der Waals surface area contributed by atoms with Gasteiger partial charge in [0.2, 0.25) is 5.88 Å². The van der Waals surface area contributed by atoms with Crippen molar-refractivity contribution < 1.29 is 4.74 Å². The number of hydrogen-bond acceptors (Lipinski definition) is 6. The van der Waals surface area contributed by atoms with Crippen molar-refractivity contribution in [1.29, 1.82) is 0 Å². The summed E-state index contributed by atoms with van der Waals surface area (Å²) in [5.41, 5.74) is 1.77. The number of pyridine rings is 1. The average molecular weight is 378 g/mol. The van der Waals surface area contributed by atoms with Gasteiger partial charge < -0.3 is 9.30 Å². The highest BCUT2D eigenvalue weighted by atomic mass is 16.5. The summed E-state index contributed by atoms with van der Waals surface area (Å²) >= 11 is 0. The zero-order valence-corrected chi connectivity index (χ0v) is 16.5. The van der Waals surface area contributed by atoms with Crippen LogP contribution in [0.15, 0.2) is 43.1 Å². The van der Waals surface area contributed by atoms with Crippen LogP contribution in [0.5, 0.6) is 11.6 Å². The van der Waals surface area contributed by atoms with Gasteiger partial charge in [0.25, 0.3) is 0 Å². The van der Waals surface area contributed by atoms with Crippen LogP contribution in [0.2, 0.25) is 0 Å². The predicted octanol–water partition coefficient (Wildman–Crippen LogP) is 3.57. The van der Waals surface area contributed by atoms with Crippen LogP contribution in [0.25, 0.3) is 0 Å². The maximum atomic E-state index is 6.10. The minimum Gasteiger partial charge on any atom is -0.435 e. The first kappa shape index (κ1) is 18.6. The predicted molar refractivity (Wildman–Crippen MR) is 106 cm³/mol. The molecule has 7 heteroatoms. The summed E-state index contributed by atoms with van der Waals surface area (Å²) in [6, 6.07) is 3.79. The van der Waals surface area contributed by atoms with Crippen LogP contribution >= 0.6 is 0 Å². The van der Waals surface area contributed by atoms with E-state index in [0.29, 0.717) is 11.8 Å². The summed E-state index contributed by atoms with van der Waals surface area (Å²) in [7, 11) is 0. The molecule has 7 nitrogen and oxygen atoms in total. The van der Waals surface area contributed by atoms with Gasteiger partial charge in [0.15, 0.2) is 5.75 Å². The molecule has 0 unspecified atom stereocenters. The first-order chi connectivity index (χ1) is 13.7. The molecule has 0 amide bonds. The van der Waals surface area contributed by atoms with Gasteiger partial charge in [0, 0.05) is 50.0 Å². The summed E-state index contributed by atoms with van der Waals surface area (Å²) in [6.45, 7) is 7.88. The molecule has 1 aliphatic rings. The molecular formula is C21H26N6O. The van der Waals surface area contributed by atoms with Crippen molar-refractivity contribution >= 4 is 0 Å². The van der Waals surface area contributed by atoms with E-state index in [1.54, 1.807) is 18.6 Å². The molecule has 0 bridgehead atoms. The van der Waals surface area contributed by atoms with E-state index >= 15 is 0 Å². The highest BCUT2D eigenvalue weighted by Gasteiger charge is 2.26. The molecule has 1 fully saturated rings. The van der Waals surface area contributed by atoms with Gasteiger partial charge in [-0.05, 0) is 45.4 Å². The molecule has 4 heterocycles. The Morgan fingerprint density at radius 2 is 2.00 bits per heavy atom. The zero-order chi connectivity index (χ0) is 19.3. The molecule has 3 aromatic heterocycles. The number of imidazole rings is 1. The van der Waals surface area contributed by atoms with Crippen molar-refractivity contribution in [3.05, 3.63) is 60.3 Å². The quantitative estimate of drug-likeness (QED) is 0.653. The van der Waals surface area contributed by atoms with Crippen LogP contribution in [0.3, 0.4) is 0 Å². The Balaban J connectivity index is 1.51. The lowest BCUT2D eigenvalue weighted by Crippen LogP contribution is -2.35. The highest BCUT2D eigenvalue weighted by Crippen LogP contribution is 2.33. The fourth-order valence-corrected chi connectivity index (χ4v) is 3.78. The highest BCUT2D eigenvalue weighted by molar-refractivity contribution is 5.33. The second-order valence-corrected chi connectivity index (χ2v) is 7.14. The van der Waals surface area contributed by atoms with E-state index in [1.165, 1.54) is 0 Å². The number of ether oxygens (including phenoxy) is 1. The van der Waals surface area contributed by atoms with Gasteiger partial charge in [-0.3, -0.25) is 14.9 Å². The number of aryl methyl sites for hydroxylation is 2. The van der Waals surface area contributed by atoms with E-state index in [4.69, 9.17) is 4.74 Å². The molecular weight excluding hydrogens is 352 g/mol. The summed E-state index contributed by atoms with van der Waals surface area (Å²) in [6.07, 6.45) is 11.3. The lowest BCUT2D eigenvalue weighted by atomic mass is 9.94. The van der Waals surface area contributed by atoms with Gasteiger partial charge >= 0.3 is 0 Å². The summed E-state index contributed by atoms with van der Waals surface area (Å²) < 4.78 is 8.30. The molecule has 0 aliphatic carbocycles. The number of likely N-dealkylation sites (tertiary alicyclic amines) is 1. The number of rotatable bonds is 6. The third kappa shape index (κ3) is 4.04. The Morgan fingerprint density at radius 1 is 1.11 bits per heavy atom. The van der Waals surface area contributed by atoms with E-state index in [-0.39, 0.29) is 0 Å². The topological polar surface area (TPSA) is 69.0 Å². The Labute approximate surface area is 165 Å².